The van der Waals surface area contributed by atoms with Crippen LogP contribution in [0.5, 0.6) is 0 Å². The molecule has 2 aliphatic rings. The Morgan fingerprint density at radius 1 is 1.35 bits per heavy atom. The third-order valence-electron chi connectivity index (χ3n) is 4.47. The van der Waals surface area contributed by atoms with Gasteiger partial charge in [0.1, 0.15) is 11.9 Å². The molecular formula is C16H19FN2O. The molecule has 0 bridgehead atoms. The molecule has 1 aromatic rings. The lowest BCUT2D eigenvalue weighted by Crippen LogP contribution is -2.42. The topological polar surface area (TPSA) is 45.0 Å². The molecule has 2 fully saturated rings. The second-order valence-electron chi connectivity index (χ2n) is 5.88. The summed E-state index contributed by atoms with van der Waals surface area (Å²) in [5.74, 6) is -0.461. The quantitative estimate of drug-likeness (QED) is 0.896. The highest BCUT2D eigenvalue weighted by Crippen LogP contribution is 2.40. The fourth-order valence-electron chi connectivity index (χ4n) is 3.46. The predicted molar refractivity (Wildman–Crippen MR) is 74.9 cm³/mol. The van der Waals surface area contributed by atoms with Gasteiger partial charge in [0.05, 0.1) is 11.2 Å². The van der Waals surface area contributed by atoms with E-state index in [-0.39, 0.29) is 11.2 Å². The van der Waals surface area contributed by atoms with E-state index in [4.69, 9.17) is 10.00 Å². The van der Waals surface area contributed by atoms with Crippen molar-refractivity contribution < 1.29 is 9.13 Å². The van der Waals surface area contributed by atoms with Crippen LogP contribution in [0.4, 0.5) is 10.1 Å². The van der Waals surface area contributed by atoms with Gasteiger partial charge in [-0.05, 0) is 43.9 Å². The second kappa shape index (κ2) is 5.41. The van der Waals surface area contributed by atoms with E-state index in [9.17, 15) is 4.39 Å². The maximum Gasteiger partial charge on any atom is 0.141 e. The molecule has 1 saturated carbocycles. The summed E-state index contributed by atoms with van der Waals surface area (Å²) >= 11 is 0. The zero-order valence-corrected chi connectivity index (χ0v) is 11.5. The van der Waals surface area contributed by atoms with Crippen LogP contribution in [0.25, 0.3) is 0 Å². The Morgan fingerprint density at radius 3 is 2.90 bits per heavy atom. The first-order valence-electron chi connectivity index (χ1n) is 7.31. The van der Waals surface area contributed by atoms with Gasteiger partial charge in [-0.3, -0.25) is 0 Å². The molecule has 1 spiro atoms. The SMILES string of the molecule is N#Cc1cc(NC2CCOC3(CCCC3)C2)ccc1F. The van der Waals surface area contributed by atoms with Crippen LogP contribution in [0.3, 0.4) is 0 Å². The molecule has 3 nitrogen and oxygen atoms in total. The molecular weight excluding hydrogens is 255 g/mol. The molecule has 0 radical (unpaired) electrons. The van der Waals surface area contributed by atoms with Crippen molar-refractivity contribution in [2.75, 3.05) is 11.9 Å². The number of nitrogens with one attached hydrogen (secondary N) is 1. The number of hydrogen-bond acceptors (Lipinski definition) is 3. The lowest BCUT2D eigenvalue weighted by molar-refractivity contribution is -0.0767. The molecule has 3 rings (SSSR count). The van der Waals surface area contributed by atoms with Gasteiger partial charge in [-0.25, -0.2) is 4.39 Å². The zero-order valence-electron chi connectivity index (χ0n) is 11.5. The van der Waals surface area contributed by atoms with E-state index in [0.29, 0.717) is 6.04 Å². The van der Waals surface area contributed by atoms with Crippen molar-refractivity contribution in [2.45, 2.75) is 50.2 Å². The number of benzene rings is 1. The summed E-state index contributed by atoms with van der Waals surface area (Å²) in [7, 11) is 0. The summed E-state index contributed by atoms with van der Waals surface area (Å²) < 4.78 is 19.3. The molecule has 20 heavy (non-hydrogen) atoms. The van der Waals surface area contributed by atoms with E-state index in [1.54, 1.807) is 12.1 Å². The minimum atomic E-state index is -0.461. The highest BCUT2D eigenvalue weighted by Gasteiger charge is 2.39. The Hall–Kier alpha value is -1.60. The summed E-state index contributed by atoms with van der Waals surface area (Å²) in [5, 5.41) is 12.3. The molecule has 1 N–H and O–H groups in total. The second-order valence-corrected chi connectivity index (χ2v) is 5.88. The number of rotatable bonds is 2. The van der Waals surface area contributed by atoms with Crippen molar-refractivity contribution in [1.82, 2.24) is 0 Å². The average Bonchev–Trinajstić information content (AvgIpc) is 2.89. The molecule has 1 atom stereocenters. The van der Waals surface area contributed by atoms with Crippen LogP contribution in [0.15, 0.2) is 18.2 Å². The molecule has 1 unspecified atom stereocenters. The van der Waals surface area contributed by atoms with Crippen LogP contribution in [0.1, 0.15) is 44.1 Å². The predicted octanol–water partition coefficient (Wildman–Crippen LogP) is 3.60. The molecule has 106 valence electrons. The van der Waals surface area contributed by atoms with Gasteiger partial charge in [0, 0.05) is 18.3 Å². The van der Waals surface area contributed by atoms with Crippen molar-refractivity contribution in [2.24, 2.45) is 0 Å². The van der Waals surface area contributed by atoms with Gasteiger partial charge >= 0.3 is 0 Å². The molecule has 1 aromatic carbocycles. The van der Waals surface area contributed by atoms with E-state index in [1.807, 2.05) is 6.07 Å². The first-order valence-corrected chi connectivity index (χ1v) is 7.31. The van der Waals surface area contributed by atoms with E-state index in [0.717, 1.165) is 38.0 Å². The normalized spacial score (nSPS) is 24.5. The first-order chi connectivity index (χ1) is 9.71. The molecule has 1 saturated heterocycles. The van der Waals surface area contributed by atoms with Gasteiger partial charge < -0.3 is 10.1 Å². The van der Waals surface area contributed by atoms with Gasteiger partial charge in [0.25, 0.3) is 0 Å². The number of halogens is 1. The van der Waals surface area contributed by atoms with Crippen LogP contribution in [0, 0.1) is 17.1 Å². The third-order valence-corrected chi connectivity index (χ3v) is 4.47. The van der Waals surface area contributed by atoms with Crippen molar-refractivity contribution in [3.05, 3.63) is 29.6 Å². The van der Waals surface area contributed by atoms with E-state index >= 15 is 0 Å². The molecule has 1 aliphatic carbocycles. The maximum atomic E-state index is 13.3. The minimum Gasteiger partial charge on any atom is -0.382 e. The van der Waals surface area contributed by atoms with Crippen LogP contribution < -0.4 is 5.32 Å². The van der Waals surface area contributed by atoms with Gasteiger partial charge in [-0.1, -0.05) is 12.8 Å². The summed E-state index contributed by atoms with van der Waals surface area (Å²) in [5.41, 5.74) is 0.981. The fraction of sp³-hybridized carbons (Fsp3) is 0.562. The number of anilines is 1. The molecule has 1 aliphatic heterocycles. The van der Waals surface area contributed by atoms with Gasteiger partial charge in [-0.15, -0.1) is 0 Å². The Bertz CT molecular complexity index is 532. The first kappa shape index (κ1) is 13.4. The Kier molecular flexibility index (Phi) is 3.62. The minimum absolute atomic E-state index is 0.0635. The summed E-state index contributed by atoms with van der Waals surface area (Å²) in [6.07, 6.45) is 6.77. The van der Waals surface area contributed by atoms with Crippen LogP contribution in [-0.4, -0.2) is 18.2 Å². The number of ether oxygens (including phenoxy) is 1. The molecule has 1 heterocycles. The van der Waals surface area contributed by atoms with Crippen LogP contribution >= 0.6 is 0 Å². The highest BCUT2D eigenvalue weighted by atomic mass is 19.1. The van der Waals surface area contributed by atoms with Crippen LogP contribution in [0.2, 0.25) is 0 Å². The average molecular weight is 274 g/mol. The largest absolute Gasteiger partial charge is 0.382 e. The van der Waals surface area contributed by atoms with Crippen LogP contribution in [-0.2, 0) is 4.74 Å². The summed E-state index contributed by atoms with van der Waals surface area (Å²) in [6, 6.07) is 6.87. The van der Waals surface area contributed by atoms with Gasteiger partial charge in [-0.2, -0.15) is 5.26 Å². The fourth-order valence-corrected chi connectivity index (χ4v) is 3.46. The lowest BCUT2D eigenvalue weighted by atomic mass is 9.89. The van der Waals surface area contributed by atoms with Gasteiger partial charge in [0.2, 0.25) is 0 Å². The van der Waals surface area contributed by atoms with Crippen molar-refractivity contribution >= 4 is 5.69 Å². The molecule has 4 heteroatoms. The smallest absolute Gasteiger partial charge is 0.141 e. The van der Waals surface area contributed by atoms with E-state index in [2.05, 4.69) is 5.32 Å². The standard InChI is InChI=1S/C16H19FN2O/c17-15-4-3-13(9-12(15)11-18)19-14-5-8-20-16(10-14)6-1-2-7-16/h3-4,9,14,19H,1-2,5-8,10H2. The Morgan fingerprint density at radius 2 is 2.15 bits per heavy atom. The Labute approximate surface area is 118 Å². The third kappa shape index (κ3) is 2.64. The summed E-state index contributed by atoms with van der Waals surface area (Å²) in [4.78, 5) is 0. The molecule has 0 amide bonds. The lowest BCUT2D eigenvalue weighted by Gasteiger charge is -2.39. The van der Waals surface area contributed by atoms with Crippen molar-refractivity contribution in [3.8, 4) is 6.07 Å². The highest BCUT2D eigenvalue weighted by molar-refractivity contribution is 5.50. The maximum absolute atomic E-state index is 13.3. The molecule has 0 aromatic heterocycles. The van der Waals surface area contributed by atoms with E-state index in [1.165, 1.54) is 18.9 Å². The number of nitriles is 1. The monoisotopic (exact) mass is 274 g/mol. The van der Waals surface area contributed by atoms with Crippen molar-refractivity contribution in [3.63, 3.8) is 0 Å². The summed E-state index contributed by atoms with van der Waals surface area (Å²) in [6.45, 7) is 0.782. The Balaban J connectivity index is 1.70. The van der Waals surface area contributed by atoms with Crippen molar-refractivity contribution in [1.29, 1.82) is 5.26 Å². The zero-order chi connectivity index (χ0) is 14.0. The number of nitrogens with zero attached hydrogens (tertiary/aromatic N) is 1. The number of hydrogen-bond donors (Lipinski definition) is 1. The van der Waals surface area contributed by atoms with Gasteiger partial charge in [0.15, 0.2) is 0 Å². The van der Waals surface area contributed by atoms with E-state index < -0.39 is 5.82 Å².